The number of benzene rings is 2. The molecule has 0 unspecified atom stereocenters. The minimum Gasteiger partial charge on any atom is -0.490 e. The first-order chi connectivity index (χ1) is 10.7. The zero-order valence-electron chi connectivity index (χ0n) is 13.6. The summed E-state index contributed by atoms with van der Waals surface area (Å²) in [6, 6.07) is 15.0. The molecular weight excluding hydrogens is 270 g/mol. The molecule has 1 N–H and O–H groups in total. The van der Waals surface area contributed by atoms with Gasteiger partial charge in [-0.05, 0) is 80.5 Å². The predicted octanol–water partition coefficient (Wildman–Crippen LogP) is 5.24. The number of hydrogen-bond acceptors (Lipinski definition) is 2. The van der Waals surface area contributed by atoms with Gasteiger partial charge in [-0.25, -0.2) is 0 Å². The van der Waals surface area contributed by atoms with E-state index in [1.165, 1.54) is 48.1 Å². The molecule has 1 saturated carbocycles. The van der Waals surface area contributed by atoms with Crippen molar-refractivity contribution in [2.75, 3.05) is 5.32 Å². The molecule has 1 aliphatic rings. The number of hydrogen-bond donors (Lipinski definition) is 1. The van der Waals surface area contributed by atoms with Gasteiger partial charge in [-0.15, -0.1) is 0 Å². The number of ether oxygens (including phenoxy) is 1. The second kappa shape index (κ2) is 6.87. The van der Waals surface area contributed by atoms with Crippen molar-refractivity contribution in [3.8, 4) is 5.75 Å². The molecule has 3 rings (SSSR count). The Hall–Kier alpha value is -1.96. The molecule has 1 fully saturated rings. The first-order valence-electron chi connectivity index (χ1n) is 8.27. The van der Waals surface area contributed by atoms with E-state index in [1.54, 1.807) is 0 Å². The molecule has 0 saturated heterocycles. The van der Waals surface area contributed by atoms with E-state index in [2.05, 4.69) is 61.6 Å². The van der Waals surface area contributed by atoms with Crippen LogP contribution in [0.25, 0.3) is 0 Å². The van der Waals surface area contributed by atoms with Crippen molar-refractivity contribution in [2.24, 2.45) is 0 Å². The highest BCUT2D eigenvalue weighted by Crippen LogP contribution is 2.24. The summed E-state index contributed by atoms with van der Waals surface area (Å²) in [6.45, 7) is 5.13. The van der Waals surface area contributed by atoms with Gasteiger partial charge in [-0.2, -0.15) is 0 Å². The van der Waals surface area contributed by atoms with Crippen molar-refractivity contribution in [1.29, 1.82) is 0 Å². The second-order valence-electron chi connectivity index (χ2n) is 6.32. The zero-order chi connectivity index (χ0) is 15.4. The first kappa shape index (κ1) is 15.0. The minimum atomic E-state index is 0.430. The molecule has 0 amide bonds. The second-order valence-corrected chi connectivity index (χ2v) is 6.32. The van der Waals surface area contributed by atoms with Gasteiger partial charge in [0.15, 0.2) is 0 Å². The molecule has 2 aromatic carbocycles. The molecule has 0 bridgehead atoms. The summed E-state index contributed by atoms with van der Waals surface area (Å²) in [7, 11) is 0. The summed E-state index contributed by atoms with van der Waals surface area (Å²) in [5, 5.41) is 3.48. The van der Waals surface area contributed by atoms with Gasteiger partial charge in [-0.3, -0.25) is 0 Å². The normalized spacial score (nSPS) is 15.0. The van der Waals surface area contributed by atoms with E-state index in [0.29, 0.717) is 6.10 Å². The zero-order valence-corrected chi connectivity index (χ0v) is 13.6. The van der Waals surface area contributed by atoms with Gasteiger partial charge in [0.05, 0.1) is 6.10 Å². The predicted molar refractivity (Wildman–Crippen MR) is 92.6 cm³/mol. The molecule has 0 aliphatic heterocycles. The van der Waals surface area contributed by atoms with Gasteiger partial charge in [-0.1, -0.05) is 18.2 Å². The van der Waals surface area contributed by atoms with Crippen LogP contribution in [0.15, 0.2) is 42.5 Å². The standard InChI is InChI=1S/C20H25NO/c1-15-7-10-18(13-16(15)2)21-14-17-8-11-20(12-9-17)22-19-5-3-4-6-19/h7-13,19,21H,3-6,14H2,1-2H3. The lowest BCUT2D eigenvalue weighted by atomic mass is 10.1. The fraction of sp³-hybridized carbons (Fsp3) is 0.400. The summed E-state index contributed by atoms with van der Waals surface area (Å²) in [5.74, 6) is 1.00. The number of aryl methyl sites for hydroxylation is 2. The summed E-state index contributed by atoms with van der Waals surface area (Å²) in [5.41, 5.74) is 5.11. The first-order valence-corrected chi connectivity index (χ1v) is 8.27. The molecule has 116 valence electrons. The number of anilines is 1. The van der Waals surface area contributed by atoms with Crippen LogP contribution >= 0.6 is 0 Å². The Bertz CT molecular complexity index is 612. The molecule has 0 spiro atoms. The maximum atomic E-state index is 6.00. The Kier molecular flexibility index (Phi) is 4.67. The molecule has 0 aromatic heterocycles. The summed E-state index contributed by atoms with van der Waals surface area (Å²) >= 11 is 0. The molecule has 2 aromatic rings. The molecule has 22 heavy (non-hydrogen) atoms. The van der Waals surface area contributed by atoms with Crippen LogP contribution in [0.4, 0.5) is 5.69 Å². The van der Waals surface area contributed by atoms with Crippen molar-refractivity contribution in [1.82, 2.24) is 0 Å². The molecule has 1 aliphatic carbocycles. The van der Waals surface area contributed by atoms with Gasteiger partial charge < -0.3 is 10.1 Å². The molecule has 0 heterocycles. The van der Waals surface area contributed by atoms with Crippen LogP contribution in [0.2, 0.25) is 0 Å². The lowest BCUT2D eigenvalue weighted by Gasteiger charge is -2.13. The Morgan fingerprint density at radius 1 is 0.955 bits per heavy atom. The average molecular weight is 295 g/mol. The third-order valence-corrected chi connectivity index (χ3v) is 4.53. The molecule has 0 radical (unpaired) electrons. The smallest absolute Gasteiger partial charge is 0.119 e. The van der Waals surface area contributed by atoms with E-state index < -0.39 is 0 Å². The summed E-state index contributed by atoms with van der Waals surface area (Å²) in [4.78, 5) is 0. The van der Waals surface area contributed by atoms with Crippen LogP contribution in [0.1, 0.15) is 42.4 Å². The minimum absolute atomic E-state index is 0.430. The molecular formula is C20H25NO. The van der Waals surface area contributed by atoms with Crippen LogP contribution in [-0.4, -0.2) is 6.10 Å². The topological polar surface area (TPSA) is 21.3 Å². The molecule has 2 nitrogen and oxygen atoms in total. The van der Waals surface area contributed by atoms with Crippen molar-refractivity contribution in [3.05, 3.63) is 59.2 Å². The van der Waals surface area contributed by atoms with Crippen molar-refractivity contribution < 1.29 is 4.74 Å². The maximum absolute atomic E-state index is 6.00. The van der Waals surface area contributed by atoms with E-state index >= 15 is 0 Å². The Morgan fingerprint density at radius 2 is 1.68 bits per heavy atom. The fourth-order valence-corrected chi connectivity index (χ4v) is 2.94. The van der Waals surface area contributed by atoms with Gasteiger partial charge in [0.2, 0.25) is 0 Å². The summed E-state index contributed by atoms with van der Waals surface area (Å²) in [6.07, 6.45) is 5.46. The van der Waals surface area contributed by atoms with Gasteiger partial charge >= 0.3 is 0 Å². The highest BCUT2D eigenvalue weighted by molar-refractivity contribution is 5.48. The van der Waals surface area contributed by atoms with Crippen LogP contribution in [0.5, 0.6) is 5.75 Å². The Labute approximate surface area is 133 Å². The molecule has 0 atom stereocenters. The molecule has 2 heteroatoms. The lowest BCUT2D eigenvalue weighted by Crippen LogP contribution is -2.10. The summed E-state index contributed by atoms with van der Waals surface area (Å²) < 4.78 is 6.00. The van der Waals surface area contributed by atoms with Gasteiger partial charge in [0.1, 0.15) is 5.75 Å². The van der Waals surface area contributed by atoms with Crippen molar-refractivity contribution in [3.63, 3.8) is 0 Å². The average Bonchev–Trinajstić information content (AvgIpc) is 3.03. The maximum Gasteiger partial charge on any atom is 0.119 e. The van der Waals surface area contributed by atoms with Crippen LogP contribution in [0, 0.1) is 13.8 Å². The van der Waals surface area contributed by atoms with E-state index in [0.717, 1.165) is 12.3 Å². The van der Waals surface area contributed by atoms with E-state index in [1.807, 2.05) is 0 Å². The van der Waals surface area contributed by atoms with Crippen LogP contribution in [-0.2, 0) is 6.54 Å². The van der Waals surface area contributed by atoms with Gasteiger partial charge in [0.25, 0.3) is 0 Å². The Morgan fingerprint density at radius 3 is 2.36 bits per heavy atom. The van der Waals surface area contributed by atoms with E-state index in [9.17, 15) is 0 Å². The monoisotopic (exact) mass is 295 g/mol. The van der Waals surface area contributed by atoms with Crippen LogP contribution in [0.3, 0.4) is 0 Å². The number of rotatable bonds is 5. The quantitative estimate of drug-likeness (QED) is 0.814. The highest BCUT2D eigenvalue weighted by Gasteiger charge is 2.16. The largest absolute Gasteiger partial charge is 0.490 e. The lowest BCUT2D eigenvalue weighted by molar-refractivity contribution is 0.210. The third-order valence-electron chi connectivity index (χ3n) is 4.53. The SMILES string of the molecule is Cc1ccc(NCc2ccc(OC3CCCC3)cc2)cc1C. The van der Waals surface area contributed by atoms with E-state index in [-0.39, 0.29) is 0 Å². The van der Waals surface area contributed by atoms with E-state index in [4.69, 9.17) is 4.74 Å². The van der Waals surface area contributed by atoms with Gasteiger partial charge in [0, 0.05) is 12.2 Å². The Balaban J connectivity index is 1.55. The van der Waals surface area contributed by atoms with Crippen LogP contribution < -0.4 is 10.1 Å². The third kappa shape index (κ3) is 3.82. The van der Waals surface area contributed by atoms with Crippen molar-refractivity contribution in [2.45, 2.75) is 52.2 Å². The number of nitrogens with one attached hydrogen (secondary N) is 1. The fourth-order valence-electron chi connectivity index (χ4n) is 2.94. The highest BCUT2D eigenvalue weighted by atomic mass is 16.5. The van der Waals surface area contributed by atoms with Crippen molar-refractivity contribution >= 4 is 5.69 Å².